The van der Waals surface area contributed by atoms with Gasteiger partial charge in [-0.15, -0.1) is 0 Å². The Balaban J connectivity index is 3.88. The Labute approximate surface area is 71.0 Å². The van der Waals surface area contributed by atoms with E-state index in [0.29, 0.717) is 17.0 Å². The number of hydrogen-bond acceptors (Lipinski definition) is 3. The molecule has 0 saturated carbocycles. The van der Waals surface area contributed by atoms with E-state index in [9.17, 15) is 4.79 Å². The lowest BCUT2D eigenvalue weighted by atomic mass is 9.94. The Morgan fingerprint density at radius 3 is 2.55 bits per heavy atom. The Morgan fingerprint density at radius 2 is 2.18 bits per heavy atom. The molecule has 66 valence electrons. The molecule has 0 unspecified atom stereocenters. The van der Waals surface area contributed by atoms with E-state index in [-0.39, 0.29) is 11.4 Å². The zero-order valence-corrected chi connectivity index (χ0v) is 9.73. The first-order valence-corrected chi connectivity index (χ1v) is 4.65. The second kappa shape index (κ2) is 4.51. The number of hydrogen-bond donors (Lipinski definition) is 1. The predicted octanol–water partition coefficient (Wildman–Crippen LogP) is -0.554. The van der Waals surface area contributed by atoms with Crippen molar-refractivity contribution in [3.8, 4) is 0 Å². The van der Waals surface area contributed by atoms with Gasteiger partial charge in [-0.2, -0.15) is 0 Å². The SMILES string of the molecule is CCNCC(C)(C)C(=O)O[SiH3]. The molecule has 0 aromatic heterocycles. The van der Waals surface area contributed by atoms with Gasteiger partial charge in [0.15, 0.2) is 0 Å². The van der Waals surface area contributed by atoms with Crippen LogP contribution in [0.1, 0.15) is 20.8 Å². The molecule has 11 heavy (non-hydrogen) atoms. The fourth-order valence-electron chi connectivity index (χ4n) is 0.786. The largest absolute Gasteiger partial charge is 0.528 e. The molecule has 0 aliphatic heterocycles. The Bertz CT molecular complexity index is 136. The summed E-state index contributed by atoms with van der Waals surface area (Å²) in [4.78, 5) is 11.1. The summed E-state index contributed by atoms with van der Waals surface area (Å²) in [5, 5.41) is 3.12. The van der Waals surface area contributed by atoms with Crippen LogP contribution in [-0.4, -0.2) is 29.5 Å². The van der Waals surface area contributed by atoms with Crippen LogP contribution in [0.3, 0.4) is 0 Å². The van der Waals surface area contributed by atoms with Gasteiger partial charge in [0.2, 0.25) is 10.5 Å². The van der Waals surface area contributed by atoms with E-state index in [1.165, 1.54) is 0 Å². The van der Waals surface area contributed by atoms with Gasteiger partial charge in [-0.3, -0.25) is 4.79 Å². The second-order valence-electron chi connectivity index (χ2n) is 3.16. The van der Waals surface area contributed by atoms with Crippen LogP contribution in [0.4, 0.5) is 0 Å². The van der Waals surface area contributed by atoms with Crippen molar-refractivity contribution in [1.29, 1.82) is 0 Å². The smallest absolute Gasteiger partial charge is 0.298 e. The summed E-state index contributed by atoms with van der Waals surface area (Å²) in [5.74, 6) is -0.106. The van der Waals surface area contributed by atoms with Gasteiger partial charge in [-0.05, 0) is 20.4 Å². The van der Waals surface area contributed by atoms with Gasteiger partial charge in [-0.25, -0.2) is 0 Å². The van der Waals surface area contributed by atoms with E-state index in [4.69, 9.17) is 4.43 Å². The third-order valence-electron chi connectivity index (χ3n) is 1.55. The van der Waals surface area contributed by atoms with Crippen molar-refractivity contribution >= 4 is 16.5 Å². The molecule has 0 atom stereocenters. The van der Waals surface area contributed by atoms with Crippen LogP contribution >= 0.6 is 0 Å². The molecule has 0 heterocycles. The van der Waals surface area contributed by atoms with E-state index in [2.05, 4.69) is 5.32 Å². The lowest BCUT2D eigenvalue weighted by molar-refractivity contribution is -0.143. The topological polar surface area (TPSA) is 38.3 Å². The zero-order valence-electron chi connectivity index (χ0n) is 7.73. The summed E-state index contributed by atoms with van der Waals surface area (Å²) in [5.41, 5.74) is -0.377. The maximum atomic E-state index is 11.1. The van der Waals surface area contributed by atoms with Gasteiger partial charge in [0.05, 0.1) is 5.41 Å². The van der Waals surface area contributed by atoms with Gasteiger partial charge in [-0.1, -0.05) is 6.92 Å². The van der Waals surface area contributed by atoms with Crippen molar-refractivity contribution in [2.24, 2.45) is 5.41 Å². The Hall–Kier alpha value is -0.353. The highest BCUT2D eigenvalue weighted by molar-refractivity contribution is 6.06. The summed E-state index contributed by atoms with van der Waals surface area (Å²) < 4.78 is 4.77. The number of carbonyl (C=O) groups excluding carboxylic acids is 1. The molecule has 0 aromatic rings. The second-order valence-corrected chi connectivity index (χ2v) is 3.56. The van der Waals surface area contributed by atoms with Crippen molar-refractivity contribution in [2.75, 3.05) is 13.1 Å². The summed E-state index contributed by atoms with van der Waals surface area (Å²) in [6, 6.07) is 0. The van der Waals surface area contributed by atoms with E-state index in [1.54, 1.807) is 0 Å². The predicted molar refractivity (Wildman–Crippen MR) is 48.4 cm³/mol. The molecule has 1 N–H and O–H groups in total. The van der Waals surface area contributed by atoms with Crippen molar-refractivity contribution in [3.63, 3.8) is 0 Å². The molecule has 0 bridgehead atoms. The first-order chi connectivity index (χ1) is 5.04. The van der Waals surface area contributed by atoms with Crippen LogP contribution in [0, 0.1) is 5.41 Å². The Morgan fingerprint density at radius 1 is 1.64 bits per heavy atom. The molecular weight excluding hydrogens is 158 g/mol. The van der Waals surface area contributed by atoms with Crippen LogP contribution in [0.25, 0.3) is 0 Å². The van der Waals surface area contributed by atoms with Crippen LogP contribution in [0.2, 0.25) is 0 Å². The molecule has 3 nitrogen and oxygen atoms in total. The molecule has 0 aliphatic carbocycles. The summed E-state index contributed by atoms with van der Waals surface area (Å²) in [7, 11) is 0.485. The minimum atomic E-state index is -0.377. The highest BCUT2D eigenvalue weighted by Crippen LogP contribution is 2.14. The minimum absolute atomic E-state index is 0.106. The Kier molecular flexibility index (Phi) is 4.36. The standard InChI is InChI=1S/C7H17NO2Si/c1-4-8-5-7(2,3)6(9)10-11/h8H,4-5H2,1-3,11H3. The maximum Gasteiger partial charge on any atom is 0.298 e. The molecule has 0 spiro atoms. The van der Waals surface area contributed by atoms with Crippen molar-refractivity contribution < 1.29 is 9.22 Å². The summed E-state index contributed by atoms with van der Waals surface area (Å²) in [6.45, 7) is 7.36. The number of rotatable bonds is 4. The lowest BCUT2D eigenvalue weighted by Gasteiger charge is -2.21. The molecule has 0 rings (SSSR count). The molecule has 0 fully saturated rings. The normalized spacial score (nSPS) is 11.5. The van der Waals surface area contributed by atoms with E-state index < -0.39 is 0 Å². The molecule has 4 heteroatoms. The molecule has 0 aromatic carbocycles. The van der Waals surface area contributed by atoms with E-state index in [0.717, 1.165) is 6.54 Å². The molecule has 0 radical (unpaired) electrons. The van der Waals surface area contributed by atoms with Gasteiger partial charge in [0.25, 0.3) is 5.97 Å². The quantitative estimate of drug-likeness (QED) is 0.582. The third kappa shape index (κ3) is 3.53. The average Bonchev–Trinajstić information content (AvgIpc) is 1.99. The van der Waals surface area contributed by atoms with Gasteiger partial charge >= 0.3 is 0 Å². The molecule has 0 aliphatic rings. The fraction of sp³-hybridized carbons (Fsp3) is 0.857. The first-order valence-electron chi connectivity index (χ1n) is 3.83. The average molecular weight is 175 g/mol. The van der Waals surface area contributed by atoms with Crippen LogP contribution in [0.5, 0.6) is 0 Å². The molecule has 0 amide bonds. The number of carbonyl (C=O) groups is 1. The van der Waals surface area contributed by atoms with E-state index in [1.807, 2.05) is 20.8 Å². The summed E-state index contributed by atoms with van der Waals surface area (Å²) >= 11 is 0. The van der Waals surface area contributed by atoms with Crippen molar-refractivity contribution in [1.82, 2.24) is 5.32 Å². The van der Waals surface area contributed by atoms with Crippen molar-refractivity contribution in [2.45, 2.75) is 20.8 Å². The van der Waals surface area contributed by atoms with Gasteiger partial charge in [0, 0.05) is 6.54 Å². The highest BCUT2D eigenvalue weighted by atomic mass is 28.2. The van der Waals surface area contributed by atoms with E-state index >= 15 is 0 Å². The highest BCUT2D eigenvalue weighted by Gasteiger charge is 2.27. The zero-order chi connectivity index (χ0) is 8.91. The molecule has 0 saturated heterocycles. The maximum absolute atomic E-state index is 11.1. The van der Waals surface area contributed by atoms with Gasteiger partial charge in [0.1, 0.15) is 0 Å². The monoisotopic (exact) mass is 175 g/mol. The lowest BCUT2D eigenvalue weighted by Crippen LogP contribution is -2.36. The summed E-state index contributed by atoms with van der Waals surface area (Å²) in [6.07, 6.45) is 0. The van der Waals surface area contributed by atoms with Crippen LogP contribution in [0.15, 0.2) is 0 Å². The number of nitrogens with one attached hydrogen (secondary N) is 1. The minimum Gasteiger partial charge on any atom is -0.528 e. The van der Waals surface area contributed by atoms with Gasteiger partial charge < -0.3 is 9.74 Å². The fourth-order valence-corrected chi connectivity index (χ4v) is 1.34. The van der Waals surface area contributed by atoms with Crippen LogP contribution < -0.4 is 5.32 Å². The van der Waals surface area contributed by atoms with Crippen molar-refractivity contribution in [3.05, 3.63) is 0 Å². The first kappa shape index (κ1) is 10.6. The third-order valence-corrected chi connectivity index (χ3v) is 1.93. The molecular formula is C7H17NO2Si. The van der Waals surface area contributed by atoms with Crippen LogP contribution in [-0.2, 0) is 9.22 Å².